The van der Waals surface area contributed by atoms with E-state index in [4.69, 9.17) is 15.7 Å². The molecule has 0 radical (unpaired) electrons. The van der Waals surface area contributed by atoms with Crippen LogP contribution in [0.5, 0.6) is 5.75 Å². The lowest BCUT2D eigenvalue weighted by molar-refractivity contribution is 0.316. The third kappa shape index (κ3) is 4.74. The smallest absolute Gasteiger partial charge is 0.140 e. The maximum absolute atomic E-state index is 8.45. The molecule has 0 spiro atoms. The molecule has 0 heterocycles. The summed E-state index contributed by atoms with van der Waals surface area (Å²) in [6.45, 7) is 2.73. The number of nitrogens with zero attached hydrogens (tertiary/aromatic N) is 1. The second-order valence-corrected chi connectivity index (χ2v) is 3.93. The molecule has 0 bridgehead atoms. The molecule has 0 aromatic heterocycles. The SMILES string of the molecule is COc1ccc(CNC(C)CC(N)=NO)cc1. The lowest BCUT2D eigenvalue weighted by atomic mass is 10.2. The van der Waals surface area contributed by atoms with Crippen LogP contribution in [0.3, 0.4) is 0 Å². The van der Waals surface area contributed by atoms with Gasteiger partial charge in [-0.3, -0.25) is 0 Å². The molecule has 1 atom stereocenters. The molecule has 5 nitrogen and oxygen atoms in total. The molecule has 1 unspecified atom stereocenters. The van der Waals surface area contributed by atoms with Gasteiger partial charge in [-0.2, -0.15) is 0 Å². The van der Waals surface area contributed by atoms with Crippen molar-refractivity contribution in [2.45, 2.75) is 25.9 Å². The van der Waals surface area contributed by atoms with E-state index in [0.717, 1.165) is 17.9 Å². The Labute approximate surface area is 101 Å². The fourth-order valence-corrected chi connectivity index (χ4v) is 1.46. The molecule has 0 aliphatic heterocycles. The van der Waals surface area contributed by atoms with Crippen LogP contribution < -0.4 is 15.8 Å². The number of nitrogens with two attached hydrogens (primary N) is 1. The molecule has 0 saturated heterocycles. The van der Waals surface area contributed by atoms with Crippen LogP contribution in [-0.2, 0) is 6.54 Å². The maximum Gasteiger partial charge on any atom is 0.140 e. The zero-order chi connectivity index (χ0) is 12.7. The van der Waals surface area contributed by atoms with Gasteiger partial charge in [0.05, 0.1) is 7.11 Å². The van der Waals surface area contributed by atoms with Crippen LogP contribution in [0.1, 0.15) is 18.9 Å². The van der Waals surface area contributed by atoms with Crippen molar-refractivity contribution < 1.29 is 9.94 Å². The molecule has 1 rings (SSSR count). The van der Waals surface area contributed by atoms with E-state index in [-0.39, 0.29) is 11.9 Å². The monoisotopic (exact) mass is 237 g/mol. The van der Waals surface area contributed by atoms with Gasteiger partial charge in [0.2, 0.25) is 0 Å². The number of methoxy groups -OCH3 is 1. The fourth-order valence-electron chi connectivity index (χ4n) is 1.46. The molecule has 5 heteroatoms. The minimum atomic E-state index is 0.160. The highest BCUT2D eigenvalue weighted by atomic mass is 16.5. The minimum Gasteiger partial charge on any atom is -0.497 e. The molecule has 17 heavy (non-hydrogen) atoms. The first-order valence-electron chi connectivity index (χ1n) is 5.48. The topological polar surface area (TPSA) is 79.9 Å². The second-order valence-electron chi connectivity index (χ2n) is 3.93. The number of hydrogen-bond acceptors (Lipinski definition) is 4. The summed E-state index contributed by atoms with van der Waals surface area (Å²) in [6, 6.07) is 8.01. The number of oxime groups is 1. The van der Waals surface area contributed by atoms with Gasteiger partial charge in [0.25, 0.3) is 0 Å². The Morgan fingerprint density at radius 3 is 2.65 bits per heavy atom. The molecule has 0 aliphatic carbocycles. The van der Waals surface area contributed by atoms with Gasteiger partial charge in [0.15, 0.2) is 0 Å². The van der Waals surface area contributed by atoms with E-state index in [9.17, 15) is 0 Å². The first-order chi connectivity index (χ1) is 8.15. The predicted molar refractivity (Wildman–Crippen MR) is 67.3 cm³/mol. The average molecular weight is 237 g/mol. The Morgan fingerprint density at radius 2 is 2.12 bits per heavy atom. The van der Waals surface area contributed by atoms with Gasteiger partial charge in [-0.25, -0.2) is 0 Å². The molecule has 1 aromatic carbocycles. The zero-order valence-electron chi connectivity index (χ0n) is 10.2. The van der Waals surface area contributed by atoms with Crippen molar-refractivity contribution in [2.75, 3.05) is 7.11 Å². The van der Waals surface area contributed by atoms with Gasteiger partial charge in [0.1, 0.15) is 11.6 Å². The van der Waals surface area contributed by atoms with Crippen molar-refractivity contribution in [1.29, 1.82) is 0 Å². The Bertz CT molecular complexity index is 363. The molecular weight excluding hydrogens is 218 g/mol. The van der Waals surface area contributed by atoms with Crippen molar-refractivity contribution in [1.82, 2.24) is 5.32 Å². The number of ether oxygens (including phenoxy) is 1. The second kappa shape index (κ2) is 6.75. The summed E-state index contributed by atoms with van der Waals surface area (Å²) in [4.78, 5) is 0. The first kappa shape index (κ1) is 13.3. The zero-order valence-corrected chi connectivity index (χ0v) is 10.2. The summed E-state index contributed by atoms with van der Waals surface area (Å²) in [7, 11) is 1.65. The number of hydrogen-bond donors (Lipinski definition) is 3. The van der Waals surface area contributed by atoms with Crippen LogP contribution >= 0.6 is 0 Å². The van der Waals surface area contributed by atoms with Crippen molar-refractivity contribution in [3.63, 3.8) is 0 Å². The van der Waals surface area contributed by atoms with E-state index >= 15 is 0 Å². The van der Waals surface area contributed by atoms with Crippen LogP contribution in [0.2, 0.25) is 0 Å². The summed E-state index contributed by atoms with van der Waals surface area (Å²) >= 11 is 0. The van der Waals surface area contributed by atoms with Crippen LogP contribution in [-0.4, -0.2) is 24.2 Å². The van der Waals surface area contributed by atoms with Crippen LogP contribution in [0.25, 0.3) is 0 Å². The molecular formula is C12H19N3O2. The fraction of sp³-hybridized carbons (Fsp3) is 0.417. The molecule has 0 saturated carbocycles. The van der Waals surface area contributed by atoms with Gasteiger partial charge in [-0.05, 0) is 24.6 Å². The summed E-state index contributed by atoms with van der Waals surface area (Å²) in [5.74, 6) is 1.08. The summed E-state index contributed by atoms with van der Waals surface area (Å²) in [5, 5.41) is 14.7. The standard InChI is InChI=1S/C12H19N3O2/c1-9(7-12(13)15-16)14-8-10-3-5-11(17-2)6-4-10/h3-6,9,14,16H,7-8H2,1-2H3,(H2,13,15). The first-order valence-corrected chi connectivity index (χ1v) is 5.48. The highest BCUT2D eigenvalue weighted by molar-refractivity contribution is 5.80. The van der Waals surface area contributed by atoms with Gasteiger partial charge in [-0.1, -0.05) is 17.3 Å². The Morgan fingerprint density at radius 1 is 1.47 bits per heavy atom. The number of nitrogens with one attached hydrogen (secondary N) is 1. The van der Waals surface area contributed by atoms with Gasteiger partial charge in [-0.15, -0.1) is 0 Å². The van der Waals surface area contributed by atoms with Crippen LogP contribution in [0, 0.1) is 0 Å². The highest BCUT2D eigenvalue weighted by Gasteiger charge is 2.04. The number of benzene rings is 1. The van der Waals surface area contributed by atoms with Crippen molar-refractivity contribution in [3.05, 3.63) is 29.8 Å². The number of rotatable bonds is 6. The van der Waals surface area contributed by atoms with Crippen molar-refractivity contribution in [3.8, 4) is 5.75 Å². The lowest BCUT2D eigenvalue weighted by Gasteiger charge is -2.13. The van der Waals surface area contributed by atoms with Gasteiger partial charge in [0, 0.05) is 19.0 Å². The molecule has 0 fully saturated rings. The van der Waals surface area contributed by atoms with E-state index in [0.29, 0.717) is 6.42 Å². The molecule has 4 N–H and O–H groups in total. The van der Waals surface area contributed by atoms with E-state index in [1.165, 1.54) is 0 Å². The normalized spacial score (nSPS) is 13.4. The summed E-state index contributed by atoms with van der Waals surface area (Å²) in [6.07, 6.45) is 0.520. The summed E-state index contributed by atoms with van der Waals surface area (Å²) in [5.41, 5.74) is 6.59. The Kier molecular flexibility index (Phi) is 5.29. The average Bonchev–Trinajstić information content (AvgIpc) is 2.36. The number of amidine groups is 1. The van der Waals surface area contributed by atoms with Gasteiger partial charge < -0.3 is 21.0 Å². The van der Waals surface area contributed by atoms with E-state index in [1.54, 1.807) is 7.11 Å². The molecule has 94 valence electrons. The van der Waals surface area contributed by atoms with Crippen LogP contribution in [0.15, 0.2) is 29.4 Å². The maximum atomic E-state index is 8.45. The minimum absolute atomic E-state index is 0.160. The third-order valence-electron chi connectivity index (χ3n) is 2.46. The largest absolute Gasteiger partial charge is 0.497 e. The van der Waals surface area contributed by atoms with E-state index in [1.807, 2.05) is 31.2 Å². The molecule has 0 amide bonds. The quantitative estimate of drug-likeness (QED) is 0.301. The predicted octanol–water partition coefficient (Wildman–Crippen LogP) is 1.31. The molecule has 1 aromatic rings. The lowest BCUT2D eigenvalue weighted by Crippen LogP contribution is -2.30. The Balaban J connectivity index is 2.39. The van der Waals surface area contributed by atoms with E-state index < -0.39 is 0 Å². The van der Waals surface area contributed by atoms with Crippen molar-refractivity contribution in [2.24, 2.45) is 10.9 Å². The van der Waals surface area contributed by atoms with Gasteiger partial charge >= 0.3 is 0 Å². The van der Waals surface area contributed by atoms with E-state index in [2.05, 4.69) is 10.5 Å². The van der Waals surface area contributed by atoms with Crippen molar-refractivity contribution >= 4 is 5.84 Å². The third-order valence-corrected chi connectivity index (χ3v) is 2.46. The summed E-state index contributed by atoms with van der Waals surface area (Å²) < 4.78 is 5.08. The van der Waals surface area contributed by atoms with Crippen LogP contribution in [0.4, 0.5) is 0 Å². The Hall–Kier alpha value is -1.75. The highest BCUT2D eigenvalue weighted by Crippen LogP contribution is 2.11. The molecule has 0 aliphatic rings.